The molecule has 1 heterocycles. The molecule has 0 saturated carbocycles. The standard InChI is InChI=1S/C20H25IN2O3/c1-20(2,3)10-9-18(24)16-12-22-23(17(16)11-21)13-14-5-7-15(8-6-14)19(25)26-4/h5-8,12H,9-11,13H2,1-4H3. The van der Waals surface area contributed by atoms with Crippen LogP contribution in [0.4, 0.5) is 0 Å². The maximum absolute atomic E-state index is 12.6. The molecule has 26 heavy (non-hydrogen) atoms. The molecule has 5 nitrogen and oxygen atoms in total. The fourth-order valence-corrected chi connectivity index (χ4v) is 3.39. The molecule has 0 unspecified atom stereocenters. The molecule has 0 atom stereocenters. The molecule has 0 aliphatic heterocycles. The predicted molar refractivity (Wildman–Crippen MR) is 110 cm³/mol. The minimum Gasteiger partial charge on any atom is -0.465 e. The molecule has 0 saturated heterocycles. The van der Waals surface area contributed by atoms with Gasteiger partial charge in [0.25, 0.3) is 0 Å². The molecule has 140 valence electrons. The molecule has 2 aromatic rings. The van der Waals surface area contributed by atoms with Crippen LogP contribution in [0.5, 0.6) is 0 Å². The summed E-state index contributed by atoms with van der Waals surface area (Å²) in [6.07, 6.45) is 3.07. The monoisotopic (exact) mass is 468 g/mol. The van der Waals surface area contributed by atoms with Gasteiger partial charge in [0.1, 0.15) is 0 Å². The largest absolute Gasteiger partial charge is 0.465 e. The summed E-state index contributed by atoms with van der Waals surface area (Å²) in [7, 11) is 1.37. The van der Waals surface area contributed by atoms with Crippen molar-refractivity contribution in [2.45, 2.75) is 44.6 Å². The first-order valence-electron chi connectivity index (χ1n) is 8.56. The van der Waals surface area contributed by atoms with Crippen molar-refractivity contribution in [1.82, 2.24) is 9.78 Å². The summed E-state index contributed by atoms with van der Waals surface area (Å²) in [4.78, 5) is 24.1. The van der Waals surface area contributed by atoms with E-state index in [4.69, 9.17) is 4.74 Å². The lowest BCUT2D eigenvalue weighted by Gasteiger charge is -2.17. The molecular weight excluding hydrogens is 443 g/mol. The summed E-state index contributed by atoms with van der Waals surface area (Å²) >= 11 is 2.27. The number of aromatic nitrogens is 2. The van der Waals surface area contributed by atoms with Crippen LogP contribution in [0, 0.1) is 5.41 Å². The maximum Gasteiger partial charge on any atom is 0.337 e. The number of carbonyl (C=O) groups is 2. The summed E-state index contributed by atoms with van der Waals surface area (Å²) in [5, 5.41) is 4.42. The van der Waals surface area contributed by atoms with Crippen molar-refractivity contribution in [2.24, 2.45) is 5.41 Å². The van der Waals surface area contributed by atoms with E-state index in [0.717, 1.165) is 23.2 Å². The topological polar surface area (TPSA) is 61.2 Å². The average Bonchev–Trinajstić information content (AvgIpc) is 3.01. The smallest absolute Gasteiger partial charge is 0.337 e. The van der Waals surface area contributed by atoms with Crippen molar-refractivity contribution in [3.05, 3.63) is 52.8 Å². The molecule has 0 aliphatic carbocycles. The summed E-state index contributed by atoms with van der Waals surface area (Å²) in [5.74, 6) is -0.200. The van der Waals surface area contributed by atoms with E-state index in [1.165, 1.54) is 7.11 Å². The molecule has 0 N–H and O–H groups in total. The Hall–Kier alpha value is -1.70. The van der Waals surface area contributed by atoms with Crippen LogP contribution < -0.4 is 0 Å². The molecule has 0 fully saturated rings. The Balaban J connectivity index is 2.14. The number of esters is 1. The number of halogens is 1. The molecule has 0 aliphatic rings. The summed E-state index contributed by atoms with van der Waals surface area (Å²) in [6, 6.07) is 7.24. The van der Waals surface area contributed by atoms with Crippen molar-refractivity contribution in [2.75, 3.05) is 7.11 Å². The van der Waals surface area contributed by atoms with Crippen molar-refractivity contribution in [3.63, 3.8) is 0 Å². The third kappa shape index (κ3) is 5.40. The molecule has 1 aromatic carbocycles. The number of hydrogen-bond donors (Lipinski definition) is 0. The second kappa shape index (κ2) is 8.79. The number of ether oxygens (including phenoxy) is 1. The first kappa shape index (κ1) is 20.6. The average molecular weight is 468 g/mol. The highest BCUT2D eigenvalue weighted by atomic mass is 127. The lowest BCUT2D eigenvalue weighted by Crippen LogP contribution is -2.11. The molecular formula is C20H25IN2O3. The Morgan fingerprint density at radius 2 is 1.85 bits per heavy atom. The van der Waals surface area contributed by atoms with Gasteiger partial charge in [-0.1, -0.05) is 55.5 Å². The Labute approximate surface area is 168 Å². The summed E-state index contributed by atoms with van der Waals surface area (Å²) in [5.41, 5.74) is 3.33. The van der Waals surface area contributed by atoms with E-state index in [2.05, 4.69) is 48.5 Å². The third-order valence-corrected chi connectivity index (χ3v) is 4.91. The molecule has 0 radical (unpaired) electrons. The Morgan fingerprint density at radius 1 is 1.19 bits per heavy atom. The van der Waals surface area contributed by atoms with Gasteiger partial charge in [0.05, 0.1) is 36.7 Å². The SMILES string of the molecule is COC(=O)c1ccc(Cn2ncc(C(=O)CCC(C)(C)C)c2CI)cc1. The number of nitrogens with zero attached hydrogens (tertiary/aromatic N) is 2. The van der Waals surface area contributed by atoms with Gasteiger partial charge in [-0.15, -0.1) is 0 Å². The summed E-state index contributed by atoms with van der Waals surface area (Å²) in [6.45, 7) is 6.98. The molecule has 1 aromatic heterocycles. The zero-order valence-corrected chi connectivity index (χ0v) is 17.9. The number of carbonyl (C=O) groups excluding carboxylic acids is 2. The van der Waals surface area contributed by atoms with E-state index in [9.17, 15) is 9.59 Å². The van der Waals surface area contributed by atoms with Gasteiger partial charge in [-0.3, -0.25) is 9.48 Å². The van der Waals surface area contributed by atoms with E-state index in [0.29, 0.717) is 23.0 Å². The van der Waals surface area contributed by atoms with Gasteiger partial charge >= 0.3 is 5.97 Å². The van der Waals surface area contributed by atoms with E-state index < -0.39 is 0 Å². The minimum absolute atomic E-state index is 0.136. The first-order chi connectivity index (χ1) is 12.2. The highest BCUT2D eigenvalue weighted by Crippen LogP contribution is 2.24. The molecule has 6 heteroatoms. The highest BCUT2D eigenvalue weighted by Gasteiger charge is 2.19. The van der Waals surface area contributed by atoms with Gasteiger partial charge in [-0.25, -0.2) is 4.79 Å². The Bertz CT molecular complexity index is 773. The second-order valence-corrected chi connectivity index (χ2v) is 8.23. The van der Waals surface area contributed by atoms with E-state index >= 15 is 0 Å². The zero-order chi connectivity index (χ0) is 19.3. The van der Waals surface area contributed by atoms with Crippen molar-refractivity contribution < 1.29 is 14.3 Å². The number of rotatable bonds is 7. The van der Waals surface area contributed by atoms with Crippen molar-refractivity contribution in [1.29, 1.82) is 0 Å². The highest BCUT2D eigenvalue weighted by molar-refractivity contribution is 14.1. The third-order valence-electron chi connectivity index (χ3n) is 4.19. The van der Waals surface area contributed by atoms with Crippen molar-refractivity contribution in [3.8, 4) is 0 Å². The normalized spacial score (nSPS) is 11.4. The fourth-order valence-electron chi connectivity index (χ4n) is 2.58. The van der Waals surface area contributed by atoms with Gasteiger partial charge in [0.2, 0.25) is 0 Å². The van der Waals surface area contributed by atoms with Crippen LogP contribution in [0.25, 0.3) is 0 Å². The Kier molecular flexibility index (Phi) is 6.97. The number of alkyl halides is 1. The van der Waals surface area contributed by atoms with Crippen LogP contribution >= 0.6 is 22.6 Å². The number of Topliss-reactive ketones (excluding diaryl/α,β-unsaturated/α-hetero) is 1. The number of hydrogen-bond acceptors (Lipinski definition) is 4. The van der Waals surface area contributed by atoms with Gasteiger partial charge in [-0.2, -0.15) is 5.10 Å². The number of ketones is 1. The van der Waals surface area contributed by atoms with Crippen LogP contribution in [0.1, 0.15) is 65.6 Å². The van der Waals surface area contributed by atoms with Crippen LogP contribution in [-0.2, 0) is 15.7 Å². The summed E-state index contributed by atoms with van der Waals surface area (Å²) < 4.78 is 7.29. The van der Waals surface area contributed by atoms with Crippen LogP contribution in [-0.4, -0.2) is 28.6 Å². The first-order valence-corrected chi connectivity index (χ1v) is 10.1. The Morgan fingerprint density at radius 3 is 2.38 bits per heavy atom. The van der Waals surface area contributed by atoms with Crippen LogP contribution in [0.15, 0.2) is 30.5 Å². The fraction of sp³-hybridized carbons (Fsp3) is 0.450. The molecule has 0 bridgehead atoms. The van der Waals surface area contributed by atoms with Gasteiger partial charge in [0.15, 0.2) is 5.78 Å². The zero-order valence-electron chi connectivity index (χ0n) is 15.7. The number of methoxy groups -OCH3 is 1. The lowest BCUT2D eigenvalue weighted by molar-refractivity contribution is 0.0600. The number of benzene rings is 1. The minimum atomic E-state index is -0.352. The predicted octanol–water partition coefficient (Wildman–Crippen LogP) is 4.66. The second-order valence-electron chi connectivity index (χ2n) is 7.47. The lowest BCUT2D eigenvalue weighted by atomic mass is 9.88. The van der Waals surface area contributed by atoms with Crippen LogP contribution in [0.3, 0.4) is 0 Å². The van der Waals surface area contributed by atoms with Crippen LogP contribution in [0.2, 0.25) is 0 Å². The van der Waals surface area contributed by atoms with E-state index in [1.54, 1.807) is 18.3 Å². The quantitative estimate of drug-likeness (QED) is 0.257. The van der Waals surface area contributed by atoms with Gasteiger partial charge < -0.3 is 4.74 Å². The van der Waals surface area contributed by atoms with Gasteiger partial charge in [-0.05, 0) is 29.5 Å². The van der Waals surface area contributed by atoms with Gasteiger partial charge in [0, 0.05) is 10.8 Å². The molecule has 0 spiro atoms. The van der Waals surface area contributed by atoms with E-state index in [1.807, 2.05) is 16.8 Å². The molecule has 0 amide bonds. The van der Waals surface area contributed by atoms with Crippen molar-refractivity contribution >= 4 is 34.3 Å². The van der Waals surface area contributed by atoms with E-state index in [-0.39, 0.29) is 17.2 Å². The maximum atomic E-state index is 12.6. The molecule has 2 rings (SSSR count).